The second-order valence-electron chi connectivity index (χ2n) is 4.96. The molecule has 20 heavy (non-hydrogen) atoms. The molecule has 1 aromatic carbocycles. The van der Waals surface area contributed by atoms with Crippen molar-refractivity contribution in [3.8, 4) is 11.8 Å². The Morgan fingerprint density at radius 3 is 2.60 bits per heavy atom. The maximum absolute atomic E-state index is 11.4. The Bertz CT molecular complexity index is 439. The molecule has 0 fully saturated rings. The second-order valence-corrected chi connectivity index (χ2v) is 4.96. The molecule has 0 aliphatic rings. The molecule has 0 bridgehead atoms. The van der Waals surface area contributed by atoms with Gasteiger partial charge in [-0.25, -0.2) is 0 Å². The minimum atomic E-state index is -0.173. The summed E-state index contributed by atoms with van der Waals surface area (Å²) in [5, 5.41) is 0. The molecule has 2 heteroatoms. The molecule has 0 aliphatic heterocycles. The molecule has 0 aliphatic carbocycles. The van der Waals surface area contributed by atoms with Crippen LogP contribution in [0, 0.1) is 17.8 Å². The Balaban J connectivity index is 2.57. The molecule has 1 aromatic rings. The van der Waals surface area contributed by atoms with Crippen LogP contribution in [0.15, 0.2) is 30.3 Å². The molecule has 0 N–H and O–H groups in total. The van der Waals surface area contributed by atoms with E-state index in [1.807, 2.05) is 30.3 Å². The molecule has 0 saturated carbocycles. The Morgan fingerprint density at radius 2 is 1.95 bits per heavy atom. The summed E-state index contributed by atoms with van der Waals surface area (Å²) in [6.07, 6.45) is 6.16. The van der Waals surface area contributed by atoms with E-state index in [-0.39, 0.29) is 11.9 Å². The Kier molecular flexibility index (Phi) is 8.22. The number of rotatable bonds is 7. The minimum absolute atomic E-state index is 0.0968. The van der Waals surface area contributed by atoms with Crippen molar-refractivity contribution in [2.75, 3.05) is 7.11 Å². The molecule has 0 heterocycles. The summed E-state index contributed by atoms with van der Waals surface area (Å²) in [6.45, 7) is 2.20. The van der Waals surface area contributed by atoms with E-state index in [1.54, 1.807) is 0 Å². The molecule has 0 saturated heterocycles. The van der Waals surface area contributed by atoms with Crippen molar-refractivity contribution in [3.05, 3.63) is 35.9 Å². The van der Waals surface area contributed by atoms with Gasteiger partial charge in [0.2, 0.25) is 0 Å². The van der Waals surface area contributed by atoms with E-state index in [0.717, 1.165) is 18.4 Å². The van der Waals surface area contributed by atoms with E-state index in [2.05, 4.69) is 18.8 Å². The third kappa shape index (κ3) is 6.99. The van der Waals surface area contributed by atoms with E-state index < -0.39 is 0 Å². The largest absolute Gasteiger partial charge is 0.469 e. The lowest BCUT2D eigenvalue weighted by molar-refractivity contribution is -0.141. The highest BCUT2D eigenvalue weighted by molar-refractivity contribution is 5.70. The van der Waals surface area contributed by atoms with Crippen LogP contribution >= 0.6 is 0 Å². The molecule has 0 amide bonds. The lowest BCUT2D eigenvalue weighted by Gasteiger charge is -2.08. The normalized spacial score (nSPS) is 11.3. The van der Waals surface area contributed by atoms with Crippen LogP contribution in [-0.2, 0) is 9.53 Å². The van der Waals surface area contributed by atoms with Gasteiger partial charge in [0.15, 0.2) is 0 Å². The zero-order valence-corrected chi connectivity index (χ0v) is 12.5. The van der Waals surface area contributed by atoms with Gasteiger partial charge in [0.05, 0.1) is 13.5 Å². The van der Waals surface area contributed by atoms with E-state index in [0.29, 0.717) is 6.42 Å². The standard InChI is InChI=1S/C18H24O2/c1-3-4-5-7-12-17(15-18(19)20-2)14-13-16-10-8-6-9-11-16/h6,8-11,17H,3-5,7,12,15H2,1-2H3/t17-/m1/s1. The van der Waals surface area contributed by atoms with Crippen molar-refractivity contribution in [2.24, 2.45) is 5.92 Å². The predicted octanol–water partition coefficient (Wildman–Crippen LogP) is 4.19. The van der Waals surface area contributed by atoms with E-state index in [9.17, 15) is 4.79 Å². The summed E-state index contributed by atoms with van der Waals surface area (Å²) in [5.41, 5.74) is 0.996. The van der Waals surface area contributed by atoms with Crippen molar-refractivity contribution < 1.29 is 9.53 Å². The maximum atomic E-state index is 11.4. The predicted molar refractivity (Wildman–Crippen MR) is 82.2 cm³/mol. The molecule has 1 atom stereocenters. The van der Waals surface area contributed by atoms with Gasteiger partial charge >= 0.3 is 5.97 Å². The fourth-order valence-corrected chi connectivity index (χ4v) is 2.03. The van der Waals surface area contributed by atoms with Gasteiger partial charge in [0.25, 0.3) is 0 Å². The van der Waals surface area contributed by atoms with Crippen LogP contribution < -0.4 is 0 Å². The molecular weight excluding hydrogens is 248 g/mol. The first-order chi connectivity index (χ1) is 9.76. The van der Waals surface area contributed by atoms with Crippen LogP contribution in [0.5, 0.6) is 0 Å². The first-order valence-electron chi connectivity index (χ1n) is 7.39. The lowest BCUT2D eigenvalue weighted by atomic mass is 9.97. The van der Waals surface area contributed by atoms with Crippen LogP contribution in [0.25, 0.3) is 0 Å². The van der Waals surface area contributed by atoms with Crippen molar-refractivity contribution in [3.63, 3.8) is 0 Å². The van der Waals surface area contributed by atoms with Crippen molar-refractivity contribution >= 4 is 5.97 Å². The highest BCUT2D eigenvalue weighted by Gasteiger charge is 2.11. The third-order valence-corrected chi connectivity index (χ3v) is 3.24. The second kappa shape index (κ2) is 10.1. The first kappa shape index (κ1) is 16.3. The fraction of sp³-hybridized carbons (Fsp3) is 0.500. The summed E-state index contributed by atoms with van der Waals surface area (Å²) in [5.74, 6) is 6.31. The zero-order valence-electron chi connectivity index (χ0n) is 12.5. The van der Waals surface area contributed by atoms with Crippen molar-refractivity contribution in [1.82, 2.24) is 0 Å². The Morgan fingerprint density at radius 1 is 1.20 bits per heavy atom. The topological polar surface area (TPSA) is 26.3 Å². The number of ether oxygens (including phenoxy) is 1. The van der Waals surface area contributed by atoms with Gasteiger partial charge in [-0.2, -0.15) is 0 Å². The highest BCUT2D eigenvalue weighted by Crippen LogP contribution is 2.15. The zero-order chi connectivity index (χ0) is 14.6. The number of benzene rings is 1. The van der Waals surface area contributed by atoms with E-state index in [1.165, 1.54) is 26.4 Å². The summed E-state index contributed by atoms with van der Waals surface area (Å²) in [7, 11) is 1.43. The van der Waals surface area contributed by atoms with Gasteiger partial charge in [-0.3, -0.25) is 4.79 Å². The van der Waals surface area contributed by atoms with Gasteiger partial charge in [0, 0.05) is 11.5 Å². The van der Waals surface area contributed by atoms with Gasteiger partial charge in [-0.15, -0.1) is 0 Å². The summed E-state index contributed by atoms with van der Waals surface area (Å²) < 4.78 is 4.75. The van der Waals surface area contributed by atoms with Crippen molar-refractivity contribution in [2.45, 2.75) is 45.4 Å². The quantitative estimate of drug-likeness (QED) is 0.423. The van der Waals surface area contributed by atoms with E-state index >= 15 is 0 Å². The highest BCUT2D eigenvalue weighted by atomic mass is 16.5. The molecule has 0 aromatic heterocycles. The third-order valence-electron chi connectivity index (χ3n) is 3.24. The average Bonchev–Trinajstić information content (AvgIpc) is 2.49. The smallest absolute Gasteiger partial charge is 0.306 e. The average molecular weight is 272 g/mol. The van der Waals surface area contributed by atoms with Crippen LogP contribution in [-0.4, -0.2) is 13.1 Å². The Hall–Kier alpha value is -1.75. The monoisotopic (exact) mass is 272 g/mol. The molecule has 0 radical (unpaired) electrons. The number of hydrogen-bond donors (Lipinski definition) is 0. The van der Waals surface area contributed by atoms with Crippen LogP contribution in [0.1, 0.15) is 51.0 Å². The van der Waals surface area contributed by atoms with Gasteiger partial charge in [-0.1, -0.05) is 62.6 Å². The fourth-order valence-electron chi connectivity index (χ4n) is 2.03. The Labute approximate surface area is 122 Å². The number of carbonyl (C=O) groups is 1. The molecule has 108 valence electrons. The number of esters is 1. The summed E-state index contributed by atoms with van der Waals surface area (Å²) in [4.78, 5) is 11.4. The van der Waals surface area contributed by atoms with Gasteiger partial charge in [0.1, 0.15) is 0 Å². The van der Waals surface area contributed by atoms with Crippen LogP contribution in [0.3, 0.4) is 0 Å². The number of unbranched alkanes of at least 4 members (excludes halogenated alkanes) is 3. The maximum Gasteiger partial charge on any atom is 0.306 e. The van der Waals surface area contributed by atoms with Crippen LogP contribution in [0.4, 0.5) is 0 Å². The SMILES string of the molecule is CCCCCC[C@H](C#Cc1ccccc1)CC(=O)OC. The molecule has 1 rings (SSSR count). The number of hydrogen-bond acceptors (Lipinski definition) is 2. The molecule has 2 nitrogen and oxygen atoms in total. The van der Waals surface area contributed by atoms with E-state index in [4.69, 9.17) is 4.74 Å². The molecule has 0 spiro atoms. The van der Waals surface area contributed by atoms with Gasteiger partial charge < -0.3 is 4.74 Å². The summed E-state index contributed by atoms with van der Waals surface area (Å²) in [6, 6.07) is 9.89. The molecular formula is C18H24O2. The summed E-state index contributed by atoms with van der Waals surface area (Å²) >= 11 is 0. The number of methoxy groups -OCH3 is 1. The minimum Gasteiger partial charge on any atom is -0.469 e. The first-order valence-corrected chi connectivity index (χ1v) is 7.39. The van der Waals surface area contributed by atoms with Crippen molar-refractivity contribution in [1.29, 1.82) is 0 Å². The van der Waals surface area contributed by atoms with Crippen LogP contribution in [0.2, 0.25) is 0 Å². The van der Waals surface area contributed by atoms with Gasteiger partial charge in [-0.05, 0) is 18.6 Å². The number of carbonyl (C=O) groups excluding carboxylic acids is 1. The molecule has 0 unspecified atom stereocenters. The lowest BCUT2D eigenvalue weighted by Crippen LogP contribution is -2.08.